The zero-order valence-electron chi connectivity index (χ0n) is 23.6. The molecule has 6 rings (SSSR count). The van der Waals surface area contributed by atoms with Crippen molar-refractivity contribution in [2.24, 2.45) is 0 Å². The molecule has 0 aliphatic heterocycles. The van der Waals surface area contributed by atoms with E-state index in [1.807, 2.05) is 47.0 Å². The number of anilines is 1. The number of benzene rings is 2. The molecule has 10 heteroatoms. The lowest BCUT2D eigenvalue weighted by atomic mass is 10.1. The number of aliphatic hydroxyl groups is 1. The first-order valence-electron chi connectivity index (χ1n) is 13.8. The summed E-state index contributed by atoms with van der Waals surface area (Å²) in [5, 5.41) is 18.9. The highest BCUT2D eigenvalue weighted by Gasteiger charge is 2.26. The zero-order valence-corrected chi connectivity index (χ0v) is 23.6. The number of nitrogens with zero attached hydrogens (tertiary/aromatic N) is 3. The predicted octanol–water partition coefficient (Wildman–Crippen LogP) is 5.17. The number of H-pyrrole nitrogens is 1. The van der Waals surface area contributed by atoms with E-state index in [0.29, 0.717) is 29.4 Å². The molecule has 1 saturated carbocycles. The summed E-state index contributed by atoms with van der Waals surface area (Å²) in [6, 6.07) is 13.7. The molecule has 5 aromatic rings. The van der Waals surface area contributed by atoms with Crippen molar-refractivity contribution in [1.82, 2.24) is 24.8 Å². The van der Waals surface area contributed by atoms with Gasteiger partial charge in [-0.25, -0.2) is 9.97 Å². The van der Waals surface area contributed by atoms with E-state index in [-0.39, 0.29) is 24.6 Å². The second-order valence-electron chi connectivity index (χ2n) is 10.6. The second kappa shape index (κ2) is 10.8. The molecule has 0 radical (unpaired) electrons. The second-order valence-corrected chi connectivity index (χ2v) is 10.6. The molecule has 1 fully saturated rings. The number of ether oxygens (including phenoxy) is 2. The molecule has 1 aliphatic rings. The third-order valence-electron chi connectivity index (χ3n) is 7.56. The molecular formula is C31H34N6O4. The average Bonchev–Trinajstić information content (AvgIpc) is 3.58. The molecule has 41 heavy (non-hydrogen) atoms. The molecule has 212 valence electrons. The van der Waals surface area contributed by atoms with Crippen molar-refractivity contribution in [3.63, 3.8) is 0 Å². The number of aromatic nitrogens is 4. The molecule has 1 amide bonds. The topological polar surface area (TPSA) is 126 Å². The smallest absolute Gasteiger partial charge is 0.251 e. The first-order valence-corrected chi connectivity index (χ1v) is 13.8. The Hall–Kier alpha value is -4.57. The molecule has 0 unspecified atom stereocenters. The minimum Gasteiger partial charge on any atom is -0.497 e. The number of carbonyl (C=O) groups is 1. The minimum absolute atomic E-state index is 0.0416. The average molecular weight is 555 g/mol. The number of amides is 1. The summed E-state index contributed by atoms with van der Waals surface area (Å²) in [6.45, 7) is 4.40. The summed E-state index contributed by atoms with van der Waals surface area (Å²) in [5.41, 5.74) is 5.49. The zero-order chi connectivity index (χ0) is 28.7. The number of hydrogen-bond donors (Lipinski definition) is 4. The number of hydrogen-bond acceptors (Lipinski definition) is 7. The molecule has 2 aromatic carbocycles. The Bertz CT molecular complexity index is 1750. The van der Waals surface area contributed by atoms with Crippen LogP contribution in [0.3, 0.4) is 0 Å². The fourth-order valence-electron chi connectivity index (χ4n) is 5.39. The standard InChI is InChI=1S/C31H34N6O4/c1-17(2)37-25(15-38)27(24-11-18-5-6-19(12-23(18)36-24)31(39)35-21-8-9-21)28-29(33-16-34-30(28)37)32-14-20-7-10-22(40-3)13-26(20)41-4/h5-7,10-13,16-17,21,36,38H,8-9,14-15H2,1-4H3,(H,35,39)(H,32,33,34). The van der Waals surface area contributed by atoms with Gasteiger partial charge in [-0.2, -0.15) is 0 Å². The van der Waals surface area contributed by atoms with E-state index in [2.05, 4.69) is 39.4 Å². The number of aromatic amines is 1. The summed E-state index contributed by atoms with van der Waals surface area (Å²) in [5.74, 6) is 1.99. The summed E-state index contributed by atoms with van der Waals surface area (Å²) in [6.07, 6.45) is 3.61. The Morgan fingerprint density at radius 2 is 1.95 bits per heavy atom. The van der Waals surface area contributed by atoms with Gasteiger partial charge in [0.25, 0.3) is 5.91 Å². The van der Waals surface area contributed by atoms with E-state index in [9.17, 15) is 9.90 Å². The van der Waals surface area contributed by atoms with Crippen LogP contribution in [0.4, 0.5) is 5.82 Å². The van der Waals surface area contributed by atoms with Crippen LogP contribution in [-0.4, -0.2) is 50.8 Å². The van der Waals surface area contributed by atoms with Crippen molar-refractivity contribution in [1.29, 1.82) is 0 Å². The Morgan fingerprint density at radius 3 is 2.66 bits per heavy atom. The molecule has 0 spiro atoms. The summed E-state index contributed by atoms with van der Waals surface area (Å²) >= 11 is 0. The molecule has 4 N–H and O–H groups in total. The van der Waals surface area contributed by atoms with Crippen LogP contribution in [0.15, 0.2) is 48.8 Å². The van der Waals surface area contributed by atoms with E-state index < -0.39 is 0 Å². The van der Waals surface area contributed by atoms with Gasteiger partial charge in [-0.3, -0.25) is 4.79 Å². The van der Waals surface area contributed by atoms with Gasteiger partial charge in [0, 0.05) is 58.0 Å². The molecule has 0 atom stereocenters. The lowest BCUT2D eigenvalue weighted by Crippen LogP contribution is -2.25. The summed E-state index contributed by atoms with van der Waals surface area (Å²) in [7, 11) is 3.25. The first kappa shape index (κ1) is 26.6. The van der Waals surface area contributed by atoms with E-state index >= 15 is 0 Å². The van der Waals surface area contributed by atoms with Gasteiger partial charge >= 0.3 is 0 Å². The summed E-state index contributed by atoms with van der Waals surface area (Å²) in [4.78, 5) is 25.5. The van der Waals surface area contributed by atoms with Crippen LogP contribution in [0.5, 0.6) is 11.5 Å². The van der Waals surface area contributed by atoms with E-state index in [4.69, 9.17) is 9.47 Å². The highest BCUT2D eigenvalue weighted by molar-refractivity contribution is 6.05. The van der Waals surface area contributed by atoms with Crippen LogP contribution in [0, 0.1) is 0 Å². The maximum atomic E-state index is 12.7. The Labute approximate surface area is 237 Å². The van der Waals surface area contributed by atoms with Gasteiger partial charge < -0.3 is 34.8 Å². The largest absolute Gasteiger partial charge is 0.497 e. The third-order valence-corrected chi connectivity index (χ3v) is 7.56. The number of aliphatic hydroxyl groups excluding tert-OH is 1. The maximum absolute atomic E-state index is 12.7. The SMILES string of the molecule is COc1ccc(CNc2ncnc3c2c(-c2cc4ccc(C(=O)NC5CC5)cc4[nH]2)c(CO)n3C(C)C)c(OC)c1. The fourth-order valence-corrected chi connectivity index (χ4v) is 5.39. The van der Waals surface area contributed by atoms with Crippen molar-refractivity contribution >= 4 is 33.7 Å². The van der Waals surface area contributed by atoms with Crippen molar-refractivity contribution in [2.75, 3.05) is 19.5 Å². The van der Waals surface area contributed by atoms with Gasteiger partial charge in [0.15, 0.2) is 0 Å². The van der Waals surface area contributed by atoms with Gasteiger partial charge in [0.05, 0.1) is 31.9 Å². The van der Waals surface area contributed by atoms with Gasteiger partial charge in [-0.15, -0.1) is 0 Å². The molecule has 0 saturated heterocycles. The van der Waals surface area contributed by atoms with E-state index in [1.165, 1.54) is 6.33 Å². The summed E-state index contributed by atoms with van der Waals surface area (Å²) < 4.78 is 13.0. The monoisotopic (exact) mass is 554 g/mol. The number of methoxy groups -OCH3 is 2. The highest BCUT2D eigenvalue weighted by Crippen LogP contribution is 2.40. The Morgan fingerprint density at radius 1 is 1.12 bits per heavy atom. The molecular weight excluding hydrogens is 520 g/mol. The van der Waals surface area contributed by atoms with Gasteiger partial charge in [-0.1, -0.05) is 6.07 Å². The molecule has 0 bridgehead atoms. The highest BCUT2D eigenvalue weighted by atomic mass is 16.5. The van der Waals surface area contributed by atoms with Crippen LogP contribution >= 0.6 is 0 Å². The lowest BCUT2D eigenvalue weighted by Gasteiger charge is -2.13. The number of carbonyl (C=O) groups excluding carboxylic acids is 1. The molecule has 3 heterocycles. The number of nitrogens with one attached hydrogen (secondary N) is 3. The maximum Gasteiger partial charge on any atom is 0.251 e. The number of fused-ring (bicyclic) bond motifs is 2. The van der Waals surface area contributed by atoms with Gasteiger partial charge in [-0.05, 0) is 57.0 Å². The van der Waals surface area contributed by atoms with Crippen molar-refractivity contribution in [3.8, 4) is 22.8 Å². The van der Waals surface area contributed by atoms with Crippen molar-refractivity contribution in [2.45, 2.75) is 51.9 Å². The predicted molar refractivity (Wildman–Crippen MR) is 158 cm³/mol. The third kappa shape index (κ3) is 4.95. The molecule has 1 aliphatic carbocycles. The quantitative estimate of drug-likeness (QED) is 0.188. The van der Waals surface area contributed by atoms with Crippen LogP contribution in [0.1, 0.15) is 54.3 Å². The van der Waals surface area contributed by atoms with Crippen molar-refractivity contribution in [3.05, 3.63) is 65.6 Å². The van der Waals surface area contributed by atoms with Crippen LogP contribution in [0.25, 0.3) is 33.2 Å². The number of rotatable bonds is 10. The van der Waals surface area contributed by atoms with E-state index in [0.717, 1.165) is 57.3 Å². The van der Waals surface area contributed by atoms with E-state index in [1.54, 1.807) is 14.2 Å². The van der Waals surface area contributed by atoms with Crippen molar-refractivity contribution < 1.29 is 19.4 Å². The van der Waals surface area contributed by atoms with Crippen LogP contribution < -0.4 is 20.1 Å². The normalized spacial score (nSPS) is 13.2. The van der Waals surface area contributed by atoms with Gasteiger partial charge in [0.2, 0.25) is 0 Å². The van der Waals surface area contributed by atoms with Crippen LogP contribution in [-0.2, 0) is 13.2 Å². The van der Waals surface area contributed by atoms with Gasteiger partial charge in [0.1, 0.15) is 29.3 Å². The Balaban J connectivity index is 1.45. The fraction of sp³-hybridized carbons (Fsp3) is 0.323. The lowest BCUT2D eigenvalue weighted by molar-refractivity contribution is 0.0951. The molecule has 3 aromatic heterocycles. The first-order chi connectivity index (χ1) is 19.9. The minimum atomic E-state index is -0.181. The Kier molecular flexibility index (Phi) is 7.00. The molecule has 10 nitrogen and oxygen atoms in total. The van der Waals surface area contributed by atoms with Crippen LogP contribution in [0.2, 0.25) is 0 Å².